The van der Waals surface area contributed by atoms with Gasteiger partial charge in [0.25, 0.3) is 0 Å². The summed E-state index contributed by atoms with van der Waals surface area (Å²) in [7, 11) is 0. The van der Waals surface area contributed by atoms with Crippen molar-refractivity contribution in [2.45, 2.75) is 31.8 Å². The van der Waals surface area contributed by atoms with Gasteiger partial charge in [0, 0.05) is 49.2 Å². The van der Waals surface area contributed by atoms with Gasteiger partial charge in [0.05, 0.1) is 5.69 Å². The van der Waals surface area contributed by atoms with E-state index in [-0.39, 0.29) is 24.3 Å². The lowest BCUT2D eigenvalue weighted by Gasteiger charge is -2.30. The molecular weight excluding hydrogens is 369 g/mol. The Hall–Kier alpha value is -3.06. The Bertz CT molecular complexity index is 963. The van der Waals surface area contributed by atoms with Crippen LogP contribution in [0.1, 0.15) is 24.1 Å². The van der Waals surface area contributed by atoms with Crippen molar-refractivity contribution in [2.75, 3.05) is 13.1 Å². The average Bonchev–Trinajstić information content (AvgIpc) is 3.13. The molecule has 0 radical (unpaired) electrons. The van der Waals surface area contributed by atoms with Gasteiger partial charge in [-0.1, -0.05) is 12.1 Å². The molecule has 0 spiro atoms. The van der Waals surface area contributed by atoms with Gasteiger partial charge in [-0.3, -0.25) is 14.5 Å². The normalized spacial score (nSPS) is 14.9. The molecule has 1 fully saturated rings. The van der Waals surface area contributed by atoms with Gasteiger partial charge < -0.3 is 10.6 Å². The van der Waals surface area contributed by atoms with Crippen LogP contribution < -0.4 is 5.73 Å². The third kappa shape index (κ3) is 4.68. The minimum Gasteiger partial charge on any atom is -0.341 e. The fourth-order valence-electron chi connectivity index (χ4n) is 3.59. The minimum absolute atomic E-state index is 0.0432. The van der Waals surface area contributed by atoms with Crippen LogP contribution in [0.25, 0.3) is 11.3 Å². The van der Waals surface area contributed by atoms with Crippen molar-refractivity contribution in [1.82, 2.24) is 19.7 Å². The molecule has 6 nitrogen and oxygen atoms in total. The van der Waals surface area contributed by atoms with Crippen molar-refractivity contribution >= 4 is 5.91 Å². The highest BCUT2D eigenvalue weighted by atomic mass is 19.1. The zero-order chi connectivity index (χ0) is 20.2. The lowest BCUT2D eigenvalue weighted by atomic mass is 10.1. The second kappa shape index (κ2) is 8.53. The summed E-state index contributed by atoms with van der Waals surface area (Å²) in [5.41, 5.74) is 9.55. The van der Waals surface area contributed by atoms with Gasteiger partial charge in [0.2, 0.25) is 5.91 Å². The number of nitrogens with two attached hydrogens (primary N) is 1. The number of nitrogens with zero attached hydrogens (tertiary/aromatic N) is 4. The van der Waals surface area contributed by atoms with Crippen LogP contribution in [0.5, 0.6) is 0 Å². The molecule has 2 N–H and O–H groups in total. The Balaban J connectivity index is 1.59. The Morgan fingerprint density at radius 2 is 1.79 bits per heavy atom. The number of aromatic nitrogens is 3. The summed E-state index contributed by atoms with van der Waals surface area (Å²) in [4.78, 5) is 18.7. The van der Waals surface area contributed by atoms with Gasteiger partial charge in [0.1, 0.15) is 12.4 Å². The maximum atomic E-state index is 13.3. The zero-order valence-electron chi connectivity index (χ0n) is 16.2. The summed E-state index contributed by atoms with van der Waals surface area (Å²) in [6.45, 7) is 1.55. The molecule has 0 saturated carbocycles. The Kier molecular flexibility index (Phi) is 5.67. The molecular formula is C22H24FN5O. The standard InChI is InChI=1S/C22H24FN5O/c23-18-3-1-16(2-4-18)13-20-14-21(17-5-9-25-10-6-17)26-28(20)15-22(29)27-11-7-19(24)8-12-27/h1-6,9-10,14,19H,7-8,11-13,15,24H2. The van der Waals surface area contributed by atoms with E-state index in [9.17, 15) is 9.18 Å². The quantitative estimate of drug-likeness (QED) is 0.723. The highest BCUT2D eigenvalue weighted by molar-refractivity contribution is 5.76. The molecule has 7 heteroatoms. The Morgan fingerprint density at radius 1 is 1.10 bits per heavy atom. The van der Waals surface area contributed by atoms with Crippen molar-refractivity contribution in [3.05, 3.63) is 71.9 Å². The van der Waals surface area contributed by atoms with Crippen molar-refractivity contribution in [2.24, 2.45) is 5.73 Å². The van der Waals surface area contributed by atoms with Crippen molar-refractivity contribution in [3.63, 3.8) is 0 Å². The summed E-state index contributed by atoms with van der Waals surface area (Å²) in [6.07, 6.45) is 5.66. The van der Waals surface area contributed by atoms with Crippen LogP contribution >= 0.6 is 0 Å². The number of benzene rings is 1. The second-order valence-electron chi connectivity index (χ2n) is 7.44. The highest BCUT2D eigenvalue weighted by Gasteiger charge is 2.22. The van der Waals surface area contributed by atoms with Crippen LogP contribution in [0, 0.1) is 5.82 Å². The van der Waals surface area contributed by atoms with E-state index < -0.39 is 0 Å². The SMILES string of the molecule is NC1CCN(C(=O)Cn2nc(-c3ccncc3)cc2Cc2ccc(F)cc2)CC1. The lowest BCUT2D eigenvalue weighted by Crippen LogP contribution is -2.44. The molecule has 29 heavy (non-hydrogen) atoms. The third-order valence-corrected chi connectivity index (χ3v) is 5.32. The fourth-order valence-corrected chi connectivity index (χ4v) is 3.59. The van der Waals surface area contributed by atoms with Crippen LogP contribution in [0.2, 0.25) is 0 Å². The van der Waals surface area contributed by atoms with E-state index in [1.165, 1.54) is 12.1 Å². The first-order valence-electron chi connectivity index (χ1n) is 9.83. The minimum atomic E-state index is -0.266. The third-order valence-electron chi connectivity index (χ3n) is 5.32. The number of piperidine rings is 1. The molecule has 1 amide bonds. The summed E-state index contributed by atoms with van der Waals surface area (Å²) in [5.74, 6) is -0.222. The lowest BCUT2D eigenvalue weighted by molar-refractivity contribution is -0.133. The van der Waals surface area contributed by atoms with E-state index in [1.807, 2.05) is 23.1 Å². The van der Waals surface area contributed by atoms with Crippen molar-refractivity contribution in [3.8, 4) is 11.3 Å². The maximum Gasteiger partial charge on any atom is 0.244 e. The first-order chi connectivity index (χ1) is 14.1. The topological polar surface area (TPSA) is 77.0 Å². The molecule has 1 saturated heterocycles. The van der Waals surface area contributed by atoms with E-state index in [1.54, 1.807) is 29.2 Å². The summed E-state index contributed by atoms with van der Waals surface area (Å²) in [5, 5.41) is 4.69. The van der Waals surface area contributed by atoms with Gasteiger partial charge >= 0.3 is 0 Å². The van der Waals surface area contributed by atoms with Gasteiger partial charge in [0.15, 0.2) is 0 Å². The molecule has 1 aliphatic heterocycles. The second-order valence-corrected chi connectivity index (χ2v) is 7.44. The monoisotopic (exact) mass is 393 g/mol. The summed E-state index contributed by atoms with van der Waals surface area (Å²) < 4.78 is 15.0. The number of carbonyl (C=O) groups is 1. The number of amides is 1. The van der Waals surface area contributed by atoms with E-state index in [4.69, 9.17) is 5.73 Å². The van der Waals surface area contributed by atoms with Gasteiger partial charge in [-0.15, -0.1) is 0 Å². The van der Waals surface area contributed by atoms with Crippen LogP contribution in [0.15, 0.2) is 54.9 Å². The average molecular weight is 393 g/mol. The molecule has 0 aliphatic carbocycles. The molecule has 1 aromatic carbocycles. The summed E-state index contributed by atoms with van der Waals surface area (Å²) in [6, 6.07) is 12.3. The molecule has 3 heterocycles. The maximum absolute atomic E-state index is 13.3. The van der Waals surface area contributed by atoms with E-state index in [0.29, 0.717) is 19.5 Å². The van der Waals surface area contributed by atoms with Crippen LogP contribution in [-0.2, 0) is 17.8 Å². The van der Waals surface area contributed by atoms with Crippen LogP contribution in [0.3, 0.4) is 0 Å². The number of rotatable bonds is 5. The molecule has 0 atom stereocenters. The van der Waals surface area contributed by atoms with Crippen molar-refractivity contribution in [1.29, 1.82) is 0 Å². The first kappa shape index (κ1) is 19.3. The Morgan fingerprint density at radius 3 is 2.48 bits per heavy atom. The number of hydrogen-bond donors (Lipinski definition) is 1. The van der Waals surface area contributed by atoms with Gasteiger partial charge in [-0.05, 0) is 48.7 Å². The zero-order valence-corrected chi connectivity index (χ0v) is 16.2. The fraction of sp³-hybridized carbons (Fsp3) is 0.318. The molecule has 0 bridgehead atoms. The van der Waals surface area contributed by atoms with Gasteiger partial charge in [-0.2, -0.15) is 5.10 Å². The molecule has 4 rings (SSSR count). The molecule has 2 aromatic heterocycles. The molecule has 3 aromatic rings. The number of likely N-dealkylation sites (tertiary alicyclic amines) is 1. The number of pyridine rings is 1. The number of hydrogen-bond acceptors (Lipinski definition) is 4. The van der Waals surface area contributed by atoms with E-state index in [0.717, 1.165) is 35.4 Å². The number of carbonyl (C=O) groups excluding carboxylic acids is 1. The molecule has 0 unspecified atom stereocenters. The number of halogens is 1. The van der Waals surface area contributed by atoms with Gasteiger partial charge in [-0.25, -0.2) is 4.39 Å². The largest absolute Gasteiger partial charge is 0.341 e. The Labute approximate surface area is 169 Å². The highest BCUT2D eigenvalue weighted by Crippen LogP contribution is 2.21. The van der Waals surface area contributed by atoms with E-state index in [2.05, 4.69) is 10.1 Å². The predicted molar refractivity (Wildman–Crippen MR) is 108 cm³/mol. The van der Waals surface area contributed by atoms with E-state index >= 15 is 0 Å². The van der Waals surface area contributed by atoms with Crippen LogP contribution in [-0.4, -0.2) is 44.7 Å². The van der Waals surface area contributed by atoms with Crippen molar-refractivity contribution < 1.29 is 9.18 Å². The van der Waals surface area contributed by atoms with Crippen LogP contribution in [0.4, 0.5) is 4.39 Å². The molecule has 1 aliphatic rings. The smallest absolute Gasteiger partial charge is 0.244 e. The first-order valence-corrected chi connectivity index (χ1v) is 9.83. The summed E-state index contributed by atoms with van der Waals surface area (Å²) >= 11 is 0. The molecule has 150 valence electrons. The predicted octanol–water partition coefficient (Wildman–Crippen LogP) is 2.62.